The summed E-state index contributed by atoms with van der Waals surface area (Å²) in [5.41, 5.74) is -0.547. The van der Waals surface area contributed by atoms with Crippen LogP contribution in [0, 0.1) is 0 Å². The molecule has 1 aliphatic carbocycles. The van der Waals surface area contributed by atoms with E-state index in [4.69, 9.17) is 5.11 Å². The summed E-state index contributed by atoms with van der Waals surface area (Å²) >= 11 is 2.80. The van der Waals surface area contributed by atoms with Gasteiger partial charge in [0, 0.05) is 16.0 Å². The summed E-state index contributed by atoms with van der Waals surface area (Å²) in [6.45, 7) is 0. The summed E-state index contributed by atoms with van der Waals surface area (Å²) in [6, 6.07) is 1.68. The Kier molecular flexibility index (Phi) is 4.12. The monoisotopic (exact) mass is 272 g/mol. The minimum absolute atomic E-state index is 0.364. The van der Waals surface area contributed by atoms with Gasteiger partial charge in [-0.2, -0.15) is 0 Å². The number of hydrogen-bond acceptors (Lipinski definition) is 4. The Morgan fingerprint density at radius 3 is 2.71 bits per heavy atom. The maximum atomic E-state index is 10.7. The van der Waals surface area contributed by atoms with Crippen molar-refractivity contribution < 1.29 is 15.0 Å². The number of hydrogen-bond donors (Lipinski definition) is 2. The van der Waals surface area contributed by atoms with Crippen LogP contribution in [0.2, 0.25) is 0 Å². The molecule has 0 amide bonds. The van der Waals surface area contributed by atoms with E-state index in [2.05, 4.69) is 0 Å². The van der Waals surface area contributed by atoms with Gasteiger partial charge in [0.15, 0.2) is 0 Å². The quantitative estimate of drug-likeness (QED) is 0.826. The molecule has 0 radical (unpaired) electrons. The zero-order valence-corrected chi connectivity index (χ0v) is 11.1. The van der Waals surface area contributed by atoms with Crippen LogP contribution in [0.1, 0.15) is 41.8 Å². The molecule has 2 N–H and O–H groups in total. The third kappa shape index (κ3) is 3.47. The number of carboxylic acid groups (broad SMARTS) is 1. The lowest BCUT2D eigenvalue weighted by Gasteiger charge is -2.31. The smallest absolute Gasteiger partial charge is 0.345 e. The largest absolute Gasteiger partial charge is 0.477 e. The van der Waals surface area contributed by atoms with Gasteiger partial charge in [0.2, 0.25) is 0 Å². The van der Waals surface area contributed by atoms with Gasteiger partial charge in [0.25, 0.3) is 0 Å². The van der Waals surface area contributed by atoms with Crippen LogP contribution >= 0.6 is 23.1 Å². The molecule has 1 heterocycles. The first-order chi connectivity index (χ1) is 8.09. The fourth-order valence-electron chi connectivity index (χ4n) is 2.08. The molecule has 0 aromatic carbocycles. The molecule has 94 valence electrons. The summed E-state index contributed by atoms with van der Waals surface area (Å²) in [6.07, 6.45) is 5.16. The lowest BCUT2D eigenvalue weighted by Crippen LogP contribution is -2.33. The van der Waals surface area contributed by atoms with E-state index in [1.165, 1.54) is 17.8 Å². The van der Waals surface area contributed by atoms with Crippen LogP contribution in [-0.2, 0) is 0 Å². The van der Waals surface area contributed by atoms with E-state index in [0.29, 0.717) is 10.6 Å². The first-order valence-electron chi connectivity index (χ1n) is 5.76. The standard InChI is InChI=1S/C12H16O3S2/c13-11(14)10-6-9(7-16-10)17-8-12(15)4-2-1-3-5-12/h6-7,15H,1-5,8H2,(H,13,14). The van der Waals surface area contributed by atoms with Gasteiger partial charge in [-0.1, -0.05) is 19.3 Å². The summed E-state index contributed by atoms with van der Waals surface area (Å²) < 4.78 is 0. The van der Waals surface area contributed by atoms with E-state index in [1.807, 2.05) is 5.38 Å². The number of thioether (sulfide) groups is 1. The molecule has 1 aromatic rings. The number of carboxylic acids is 1. The number of aliphatic hydroxyl groups is 1. The van der Waals surface area contributed by atoms with Crippen molar-refractivity contribution in [3.8, 4) is 0 Å². The maximum absolute atomic E-state index is 10.7. The second kappa shape index (κ2) is 5.42. The third-order valence-corrected chi connectivity index (χ3v) is 5.40. The van der Waals surface area contributed by atoms with Crippen LogP contribution in [0.3, 0.4) is 0 Å². The van der Waals surface area contributed by atoms with E-state index in [1.54, 1.807) is 17.8 Å². The highest BCUT2D eigenvalue weighted by Gasteiger charge is 2.29. The van der Waals surface area contributed by atoms with Crippen molar-refractivity contribution in [2.45, 2.75) is 42.6 Å². The van der Waals surface area contributed by atoms with E-state index < -0.39 is 11.6 Å². The minimum atomic E-state index is -0.877. The van der Waals surface area contributed by atoms with Crippen LogP contribution < -0.4 is 0 Å². The zero-order valence-electron chi connectivity index (χ0n) is 9.52. The van der Waals surface area contributed by atoms with E-state index in [-0.39, 0.29) is 0 Å². The van der Waals surface area contributed by atoms with Gasteiger partial charge in [0.05, 0.1) is 5.60 Å². The number of carbonyl (C=O) groups is 1. The summed E-state index contributed by atoms with van der Waals surface area (Å²) in [5.74, 6) is -0.207. The maximum Gasteiger partial charge on any atom is 0.345 e. The van der Waals surface area contributed by atoms with Crippen molar-refractivity contribution in [2.24, 2.45) is 0 Å². The van der Waals surface area contributed by atoms with Crippen LogP contribution in [0.5, 0.6) is 0 Å². The first kappa shape index (κ1) is 12.9. The van der Waals surface area contributed by atoms with Crippen molar-refractivity contribution in [3.05, 3.63) is 16.3 Å². The normalized spacial score (nSPS) is 19.1. The van der Waals surface area contributed by atoms with Crippen molar-refractivity contribution in [1.82, 2.24) is 0 Å². The van der Waals surface area contributed by atoms with Crippen LogP contribution in [0.4, 0.5) is 0 Å². The predicted molar refractivity (Wildman–Crippen MR) is 70.0 cm³/mol. The Morgan fingerprint density at radius 1 is 1.41 bits per heavy atom. The highest BCUT2D eigenvalue weighted by atomic mass is 32.2. The Balaban J connectivity index is 1.90. The molecule has 1 aliphatic rings. The van der Waals surface area contributed by atoms with Gasteiger partial charge in [0.1, 0.15) is 4.88 Å². The summed E-state index contributed by atoms with van der Waals surface area (Å²) in [4.78, 5) is 12.0. The van der Waals surface area contributed by atoms with Crippen molar-refractivity contribution in [1.29, 1.82) is 0 Å². The van der Waals surface area contributed by atoms with Crippen LogP contribution in [0.25, 0.3) is 0 Å². The Morgan fingerprint density at radius 2 is 2.12 bits per heavy atom. The van der Waals surface area contributed by atoms with Crippen LogP contribution in [0.15, 0.2) is 16.3 Å². The molecule has 1 fully saturated rings. The lowest BCUT2D eigenvalue weighted by molar-refractivity contribution is 0.0273. The number of rotatable bonds is 4. The number of thiophene rings is 1. The third-order valence-electron chi connectivity index (χ3n) is 3.08. The predicted octanol–water partition coefficient (Wildman–Crippen LogP) is 3.23. The Bertz CT molecular complexity index is 394. The second-order valence-electron chi connectivity index (χ2n) is 4.53. The van der Waals surface area contributed by atoms with E-state index in [9.17, 15) is 9.90 Å². The van der Waals surface area contributed by atoms with Crippen LogP contribution in [-0.4, -0.2) is 27.5 Å². The minimum Gasteiger partial charge on any atom is -0.477 e. The SMILES string of the molecule is O=C(O)c1cc(SCC2(O)CCCCC2)cs1. The average molecular weight is 272 g/mol. The van der Waals surface area contributed by atoms with Gasteiger partial charge >= 0.3 is 5.97 Å². The first-order valence-corrected chi connectivity index (χ1v) is 7.63. The van der Waals surface area contributed by atoms with Gasteiger partial charge in [-0.05, 0) is 18.9 Å². The molecule has 0 unspecified atom stereocenters. The molecule has 17 heavy (non-hydrogen) atoms. The Labute approximate surface area is 109 Å². The average Bonchev–Trinajstić information content (AvgIpc) is 2.76. The fraction of sp³-hybridized carbons (Fsp3) is 0.583. The summed E-state index contributed by atoms with van der Waals surface area (Å²) in [7, 11) is 0. The molecule has 2 rings (SSSR count). The van der Waals surface area contributed by atoms with Crippen molar-refractivity contribution in [3.63, 3.8) is 0 Å². The lowest BCUT2D eigenvalue weighted by atomic mass is 9.86. The molecule has 0 saturated heterocycles. The summed E-state index contributed by atoms with van der Waals surface area (Å²) in [5, 5.41) is 21.0. The van der Waals surface area contributed by atoms with Gasteiger partial charge in [-0.15, -0.1) is 23.1 Å². The van der Waals surface area contributed by atoms with E-state index >= 15 is 0 Å². The molecule has 0 bridgehead atoms. The fourth-order valence-corrected chi connectivity index (χ4v) is 4.10. The number of aromatic carboxylic acids is 1. The molecule has 0 aliphatic heterocycles. The molecule has 1 aromatic heterocycles. The van der Waals surface area contributed by atoms with Gasteiger partial charge in [-0.25, -0.2) is 4.79 Å². The van der Waals surface area contributed by atoms with Gasteiger partial charge in [-0.3, -0.25) is 0 Å². The van der Waals surface area contributed by atoms with Gasteiger partial charge < -0.3 is 10.2 Å². The van der Waals surface area contributed by atoms with E-state index in [0.717, 1.165) is 30.6 Å². The molecule has 5 heteroatoms. The second-order valence-corrected chi connectivity index (χ2v) is 6.49. The van der Waals surface area contributed by atoms with Crippen molar-refractivity contribution in [2.75, 3.05) is 5.75 Å². The molecule has 1 saturated carbocycles. The highest BCUT2D eigenvalue weighted by molar-refractivity contribution is 7.99. The Hall–Kier alpha value is -0.520. The molecular formula is C12H16O3S2. The molecular weight excluding hydrogens is 256 g/mol. The zero-order chi connectivity index (χ0) is 12.3. The molecule has 0 spiro atoms. The topological polar surface area (TPSA) is 57.5 Å². The molecule has 0 atom stereocenters. The molecule has 3 nitrogen and oxygen atoms in total. The highest BCUT2D eigenvalue weighted by Crippen LogP contribution is 2.34. The van der Waals surface area contributed by atoms with Crippen molar-refractivity contribution >= 4 is 29.1 Å².